The van der Waals surface area contributed by atoms with Gasteiger partial charge in [-0.1, -0.05) is 0 Å². The Bertz CT molecular complexity index is 119. The van der Waals surface area contributed by atoms with Crippen molar-refractivity contribution in [1.82, 2.24) is 0 Å². The number of aliphatic carboxylic acids is 1. The Labute approximate surface area is 57.5 Å². The molecule has 0 fully saturated rings. The van der Waals surface area contributed by atoms with E-state index >= 15 is 0 Å². The lowest BCUT2D eigenvalue weighted by molar-refractivity contribution is -0.139. The van der Waals surface area contributed by atoms with E-state index in [1.54, 1.807) is 0 Å². The first-order valence-corrected chi connectivity index (χ1v) is 2.81. The Balaban J connectivity index is 3.56. The Kier molecular flexibility index (Phi) is 3.90. The Morgan fingerprint density at radius 2 is 2.20 bits per heavy atom. The molecule has 0 saturated carbocycles. The molecule has 0 aromatic carbocycles. The van der Waals surface area contributed by atoms with E-state index < -0.39 is 24.8 Å². The summed E-state index contributed by atoms with van der Waals surface area (Å²) >= 11 is 0. The monoisotopic (exact) mass is 151 g/mol. The van der Waals surface area contributed by atoms with Crippen molar-refractivity contribution in [3.05, 3.63) is 0 Å². The standard InChI is InChI=1S/C5H10FNO3/c6-3(2-8)1-4(7)5(9)10/h3-4,8H,1-2,7H2,(H,9,10)/t3-,4+/m1/s1. The van der Waals surface area contributed by atoms with E-state index in [0.717, 1.165) is 0 Å². The van der Waals surface area contributed by atoms with Crippen LogP contribution in [0.1, 0.15) is 6.42 Å². The summed E-state index contributed by atoms with van der Waals surface area (Å²) in [5, 5.41) is 16.3. The molecule has 10 heavy (non-hydrogen) atoms. The van der Waals surface area contributed by atoms with Crippen molar-refractivity contribution >= 4 is 5.97 Å². The molecule has 0 aliphatic carbocycles. The molecule has 4 N–H and O–H groups in total. The van der Waals surface area contributed by atoms with Crippen LogP contribution in [-0.4, -0.2) is 35.0 Å². The summed E-state index contributed by atoms with van der Waals surface area (Å²) in [5.41, 5.74) is 4.94. The Hall–Kier alpha value is -0.680. The highest BCUT2D eigenvalue weighted by Gasteiger charge is 2.16. The van der Waals surface area contributed by atoms with Crippen LogP contribution in [-0.2, 0) is 4.79 Å². The third-order valence-corrected chi connectivity index (χ3v) is 1.02. The normalized spacial score (nSPS) is 16.3. The van der Waals surface area contributed by atoms with Crippen LogP contribution in [0.2, 0.25) is 0 Å². The second-order valence-corrected chi connectivity index (χ2v) is 1.96. The van der Waals surface area contributed by atoms with Gasteiger partial charge in [0.15, 0.2) is 0 Å². The molecule has 0 aliphatic rings. The summed E-state index contributed by atoms with van der Waals surface area (Å²) < 4.78 is 12.1. The van der Waals surface area contributed by atoms with Crippen molar-refractivity contribution in [2.24, 2.45) is 5.73 Å². The minimum atomic E-state index is -1.54. The van der Waals surface area contributed by atoms with Gasteiger partial charge in [-0.05, 0) is 0 Å². The fourth-order valence-corrected chi connectivity index (χ4v) is 0.451. The summed E-state index contributed by atoms with van der Waals surface area (Å²) in [4.78, 5) is 9.98. The van der Waals surface area contributed by atoms with Gasteiger partial charge < -0.3 is 15.9 Å². The molecule has 4 nitrogen and oxygen atoms in total. The molecular weight excluding hydrogens is 141 g/mol. The minimum absolute atomic E-state index is 0.341. The van der Waals surface area contributed by atoms with Crippen LogP contribution in [0.3, 0.4) is 0 Å². The first kappa shape index (κ1) is 9.32. The zero-order valence-electron chi connectivity index (χ0n) is 5.33. The molecule has 0 rings (SSSR count). The Morgan fingerprint density at radius 3 is 2.50 bits per heavy atom. The summed E-state index contributed by atoms with van der Waals surface area (Å²) in [6, 6.07) is -1.22. The maximum atomic E-state index is 12.1. The summed E-state index contributed by atoms with van der Waals surface area (Å²) in [6.45, 7) is -0.680. The lowest BCUT2D eigenvalue weighted by Crippen LogP contribution is -2.33. The lowest BCUT2D eigenvalue weighted by Gasteiger charge is -2.07. The average molecular weight is 151 g/mol. The molecule has 2 atom stereocenters. The second kappa shape index (κ2) is 4.19. The number of carbonyl (C=O) groups is 1. The molecule has 0 aromatic rings. The molecule has 0 unspecified atom stereocenters. The highest BCUT2D eigenvalue weighted by molar-refractivity contribution is 5.73. The summed E-state index contributed by atoms with van der Waals surface area (Å²) in [6.07, 6.45) is -1.88. The van der Waals surface area contributed by atoms with Crippen LogP contribution in [0.25, 0.3) is 0 Å². The van der Waals surface area contributed by atoms with E-state index in [0.29, 0.717) is 0 Å². The highest BCUT2D eigenvalue weighted by Crippen LogP contribution is 1.99. The van der Waals surface area contributed by atoms with Crippen molar-refractivity contribution < 1.29 is 19.4 Å². The van der Waals surface area contributed by atoms with E-state index in [-0.39, 0.29) is 6.42 Å². The van der Waals surface area contributed by atoms with Crippen LogP contribution in [0.4, 0.5) is 4.39 Å². The fraction of sp³-hybridized carbons (Fsp3) is 0.800. The fourth-order valence-electron chi connectivity index (χ4n) is 0.451. The van der Waals surface area contributed by atoms with E-state index in [2.05, 4.69) is 0 Å². The second-order valence-electron chi connectivity index (χ2n) is 1.96. The number of aliphatic hydroxyl groups is 1. The highest BCUT2D eigenvalue weighted by atomic mass is 19.1. The smallest absolute Gasteiger partial charge is 0.320 e. The number of carboxylic acids is 1. The van der Waals surface area contributed by atoms with Gasteiger partial charge in [0.1, 0.15) is 12.2 Å². The largest absolute Gasteiger partial charge is 0.480 e. The summed E-state index contributed by atoms with van der Waals surface area (Å²) in [5.74, 6) is -1.25. The number of hydrogen-bond acceptors (Lipinski definition) is 3. The first-order chi connectivity index (χ1) is 4.57. The Morgan fingerprint density at radius 1 is 1.70 bits per heavy atom. The number of halogens is 1. The number of nitrogens with two attached hydrogens (primary N) is 1. The molecule has 0 radical (unpaired) electrons. The average Bonchev–Trinajstić information content (AvgIpc) is 1.87. The van der Waals surface area contributed by atoms with Gasteiger partial charge in [0.2, 0.25) is 0 Å². The number of aliphatic hydroxyl groups excluding tert-OH is 1. The van der Waals surface area contributed by atoms with Crippen LogP contribution in [0.5, 0.6) is 0 Å². The minimum Gasteiger partial charge on any atom is -0.480 e. The van der Waals surface area contributed by atoms with Crippen LogP contribution >= 0.6 is 0 Å². The predicted octanol–water partition coefficient (Wildman–Crippen LogP) is -0.881. The van der Waals surface area contributed by atoms with Gasteiger partial charge >= 0.3 is 5.97 Å². The third-order valence-electron chi connectivity index (χ3n) is 1.02. The van der Waals surface area contributed by atoms with Crippen molar-refractivity contribution in [3.8, 4) is 0 Å². The van der Waals surface area contributed by atoms with Gasteiger partial charge in [-0.3, -0.25) is 4.79 Å². The molecule has 0 amide bonds. The van der Waals surface area contributed by atoms with E-state index in [4.69, 9.17) is 15.9 Å². The number of hydrogen-bond donors (Lipinski definition) is 3. The van der Waals surface area contributed by atoms with Crippen molar-refractivity contribution in [2.45, 2.75) is 18.6 Å². The number of rotatable bonds is 4. The van der Waals surface area contributed by atoms with Crippen LogP contribution in [0, 0.1) is 0 Å². The molecular formula is C5H10FNO3. The number of alkyl halides is 1. The van der Waals surface area contributed by atoms with Gasteiger partial charge in [0.05, 0.1) is 6.61 Å². The SMILES string of the molecule is N[C@@H](C[C@@H](F)CO)C(=O)O. The van der Waals surface area contributed by atoms with E-state index in [1.165, 1.54) is 0 Å². The molecule has 5 heteroatoms. The van der Waals surface area contributed by atoms with Gasteiger partial charge in [-0.2, -0.15) is 0 Å². The topological polar surface area (TPSA) is 83.5 Å². The van der Waals surface area contributed by atoms with E-state index in [9.17, 15) is 9.18 Å². The quantitative estimate of drug-likeness (QED) is 0.487. The number of carboxylic acid groups (broad SMARTS) is 1. The lowest BCUT2D eigenvalue weighted by atomic mass is 10.1. The van der Waals surface area contributed by atoms with Gasteiger partial charge in [-0.15, -0.1) is 0 Å². The molecule has 0 aliphatic heterocycles. The maximum Gasteiger partial charge on any atom is 0.320 e. The van der Waals surface area contributed by atoms with Crippen LogP contribution in [0.15, 0.2) is 0 Å². The van der Waals surface area contributed by atoms with Gasteiger partial charge in [-0.25, -0.2) is 4.39 Å². The van der Waals surface area contributed by atoms with Crippen LogP contribution < -0.4 is 5.73 Å². The molecule has 0 heterocycles. The van der Waals surface area contributed by atoms with Crippen molar-refractivity contribution in [2.75, 3.05) is 6.61 Å². The van der Waals surface area contributed by atoms with Crippen molar-refractivity contribution in [1.29, 1.82) is 0 Å². The zero-order chi connectivity index (χ0) is 8.15. The molecule has 60 valence electrons. The maximum absolute atomic E-state index is 12.1. The van der Waals surface area contributed by atoms with Gasteiger partial charge in [0, 0.05) is 6.42 Å². The molecule has 0 spiro atoms. The van der Waals surface area contributed by atoms with E-state index in [1.807, 2.05) is 0 Å². The molecule has 0 aromatic heterocycles. The van der Waals surface area contributed by atoms with Gasteiger partial charge in [0.25, 0.3) is 0 Å². The first-order valence-electron chi connectivity index (χ1n) is 2.81. The predicted molar refractivity (Wildman–Crippen MR) is 32.2 cm³/mol. The van der Waals surface area contributed by atoms with Crippen molar-refractivity contribution in [3.63, 3.8) is 0 Å². The zero-order valence-corrected chi connectivity index (χ0v) is 5.33. The molecule has 0 bridgehead atoms. The third kappa shape index (κ3) is 3.37. The molecule has 0 saturated heterocycles. The summed E-state index contributed by atoms with van der Waals surface area (Å²) in [7, 11) is 0.